The average Bonchev–Trinajstić information content (AvgIpc) is 2.78. The maximum Gasteiger partial charge on any atom is 0.262 e. The zero-order valence-corrected chi connectivity index (χ0v) is 17.8. The molecule has 4 nitrogen and oxygen atoms in total. The van der Waals surface area contributed by atoms with Crippen molar-refractivity contribution in [3.63, 3.8) is 0 Å². The molecule has 0 bridgehead atoms. The maximum atomic E-state index is 13.5. The van der Waals surface area contributed by atoms with E-state index in [2.05, 4.69) is 38.2 Å². The van der Waals surface area contributed by atoms with Gasteiger partial charge in [0.2, 0.25) is 0 Å². The van der Waals surface area contributed by atoms with Crippen LogP contribution in [0.2, 0.25) is 0 Å². The molecule has 3 aromatic rings. The van der Waals surface area contributed by atoms with Crippen molar-refractivity contribution in [2.45, 2.75) is 39.3 Å². The van der Waals surface area contributed by atoms with Crippen molar-refractivity contribution in [2.75, 3.05) is 16.8 Å². The molecule has 1 aliphatic heterocycles. The molecule has 0 saturated heterocycles. The third-order valence-corrected chi connectivity index (χ3v) is 5.43. The first-order valence-electron chi connectivity index (χ1n) is 10.6. The van der Waals surface area contributed by atoms with Gasteiger partial charge in [0, 0.05) is 11.4 Å². The van der Waals surface area contributed by atoms with Crippen molar-refractivity contribution in [2.24, 2.45) is 0 Å². The topological polar surface area (TPSA) is 41.6 Å². The zero-order valence-electron chi connectivity index (χ0n) is 17.8. The Kier molecular flexibility index (Phi) is 5.75. The quantitative estimate of drug-likeness (QED) is 0.523. The van der Waals surface area contributed by atoms with Crippen LogP contribution in [0.5, 0.6) is 5.75 Å². The third kappa shape index (κ3) is 3.90. The Morgan fingerprint density at radius 3 is 2.33 bits per heavy atom. The van der Waals surface area contributed by atoms with Crippen LogP contribution >= 0.6 is 0 Å². The molecular formula is C26H28N2O2. The second-order valence-electron chi connectivity index (χ2n) is 7.93. The summed E-state index contributed by atoms with van der Waals surface area (Å²) in [7, 11) is 0. The number of nitrogens with one attached hydrogen (secondary N) is 1. The smallest absolute Gasteiger partial charge is 0.262 e. The molecule has 1 heterocycles. The molecule has 1 unspecified atom stereocenters. The number of fused-ring (bicyclic) bond motifs is 1. The molecule has 154 valence electrons. The number of hydrogen-bond donors (Lipinski definition) is 1. The largest absolute Gasteiger partial charge is 0.494 e. The summed E-state index contributed by atoms with van der Waals surface area (Å²) in [4.78, 5) is 15.3. The van der Waals surface area contributed by atoms with E-state index in [4.69, 9.17) is 4.74 Å². The number of rotatable bonds is 6. The van der Waals surface area contributed by atoms with Crippen LogP contribution in [0, 0.1) is 0 Å². The van der Waals surface area contributed by atoms with E-state index in [-0.39, 0.29) is 12.1 Å². The average molecular weight is 401 g/mol. The fourth-order valence-corrected chi connectivity index (χ4v) is 3.74. The lowest BCUT2D eigenvalue weighted by atomic mass is 10.00. The van der Waals surface area contributed by atoms with Crippen LogP contribution in [0.25, 0.3) is 0 Å². The second-order valence-corrected chi connectivity index (χ2v) is 7.93. The van der Waals surface area contributed by atoms with E-state index in [1.54, 1.807) is 0 Å². The van der Waals surface area contributed by atoms with Gasteiger partial charge < -0.3 is 10.1 Å². The van der Waals surface area contributed by atoms with Crippen LogP contribution in [0.4, 0.5) is 11.4 Å². The first-order valence-corrected chi connectivity index (χ1v) is 10.6. The van der Waals surface area contributed by atoms with E-state index in [1.165, 1.54) is 5.56 Å². The van der Waals surface area contributed by atoms with Gasteiger partial charge in [-0.2, -0.15) is 0 Å². The van der Waals surface area contributed by atoms with Gasteiger partial charge >= 0.3 is 0 Å². The van der Waals surface area contributed by atoms with Gasteiger partial charge in [-0.3, -0.25) is 9.69 Å². The second kappa shape index (κ2) is 8.62. The Morgan fingerprint density at radius 1 is 0.967 bits per heavy atom. The highest BCUT2D eigenvalue weighted by molar-refractivity contribution is 6.12. The minimum Gasteiger partial charge on any atom is -0.494 e. The molecule has 1 amide bonds. The van der Waals surface area contributed by atoms with E-state index in [0.717, 1.165) is 29.1 Å². The molecule has 1 aliphatic rings. The van der Waals surface area contributed by atoms with Crippen molar-refractivity contribution in [1.82, 2.24) is 0 Å². The van der Waals surface area contributed by atoms with E-state index < -0.39 is 0 Å². The number of benzene rings is 3. The summed E-state index contributed by atoms with van der Waals surface area (Å²) in [5, 5.41) is 3.56. The van der Waals surface area contributed by atoms with Crippen molar-refractivity contribution in [1.29, 1.82) is 0 Å². The van der Waals surface area contributed by atoms with Gasteiger partial charge in [0.1, 0.15) is 11.9 Å². The van der Waals surface area contributed by atoms with E-state index in [0.29, 0.717) is 18.1 Å². The Hall–Kier alpha value is -3.27. The molecule has 0 aromatic heterocycles. The monoisotopic (exact) mass is 400 g/mol. The number of carbonyl (C=O) groups excluding carboxylic acids is 1. The number of amides is 1. The SMILES string of the molecule is CCCOc1ccc(C2Nc3ccccc3C(=O)N2c2ccc(C(C)C)cc2)cc1. The van der Waals surface area contributed by atoms with Crippen molar-refractivity contribution >= 4 is 17.3 Å². The van der Waals surface area contributed by atoms with Crippen LogP contribution in [0.3, 0.4) is 0 Å². The van der Waals surface area contributed by atoms with Gasteiger partial charge in [-0.25, -0.2) is 0 Å². The predicted molar refractivity (Wildman–Crippen MR) is 122 cm³/mol. The van der Waals surface area contributed by atoms with Crippen LogP contribution in [-0.4, -0.2) is 12.5 Å². The molecule has 1 atom stereocenters. The number of nitrogens with zero attached hydrogens (tertiary/aromatic N) is 1. The summed E-state index contributed by atoms with van der Waals surface area (Å²) in [5.41, 5.74) is 4.68. The minimum atomic E-state index is -0.294. The van der Waals surface area contributed by atoms with Gasteiger partial charge in [0.05, 0.1) is 12.2 Å². The number of ether oxygens (including phenoxy) is 1. The van der Waals surface area contributed by atoms with Crippen LogP contribution in [-0.2, 0) is 0 Å². The van der Waals surface area contributed by atoms with Crippen LogP contribution in [0.1, 0.15) is 60.8 Å². The Morgan fingerprint density at radius 2 is 1.67 bits per heavy atom. The normalized spacial score (nSPS) is 15.7. The van der Waals surface area contributed by atoms with Crippen molar-refractivity contribution in [3.05, 3.63) is 89.5 Å². The molecule has 4 rings (SSSR count). The number of para-hydroxylation sites is 1. The lowest BCUT2D eigenvalue weighted by Crippen LogP contribution is -2.43. The van der Waals surface area contributed by atoms with Gasteiger partial charge in [0.25, 0.3) is 5.91 Å². The summed E-state index contributed by atoms with van der Waals surface area (Å²) in [6.07, 6.45) is 0.676. The summed E-state index contributed by atoms with van der Waals surface area (Å²) >= 11 is 0. The Balaban J connectivity index is 1.73. The number of anilines is 2. The highest BCUT2D eigenvalue weighted by atomic mass is 16.5. The molecule has 0 radical (unpaired) electrons. The number of hydrogen-bond acceptors (Lipinski definition) is 3. The standard InChI is InChI=1S/C26H28N2O2/c1-4-17-30-22-15-11-20(12-16-22)25-27-24-8-6-5-7-23(24)26(29)28(25)21-13-9-19(10-14-21)18(2)3/h5-16,18,25,27H,4,17H2,1-3H3. The molecule has 4 heteroatoms. The lowest BCUT2D eigenvalue weighted by Gasteiger charge is -2.38. The summed E-state index contributed by atoms with van der Waals surface area (Å²) in [5.74, 6) is 1.29. The van der Waals surface area contributed by atoms with E-state index in [1.807, 2.05) is 65.6 Å². The van der Waals surface area contributed by atoms with Gasteiger partial charge in [-0.05, 0) is 59.9 Å². The van der Waals surface area contributed by atoms with Crippen LogP contribution in [0.15, 0.2) is 72.8 Å². The summed E-state index contributed by atoms with van der Waals surface area (Å²) < 4.78 is 5.72. The highest BCUT2D eigenvalue weighted by Gasteiger charge is 2.34. The lowest BCUT2D eigenvalue weighted by molar-refractivity contribution is 0.0975. The first-order chi connectivity index (χ1) is 14.6. The fraction of sp³-hybridized carbons (Fsp3) is 0.269. The van der Waals surface area contributed by atoms with E-state index in [9.17, 15) is 4.79 Å². The minimum absolute atomic E-state index is 0.00189. The summed E-state index contributed by atoms with van der Waals surface area (Å²) in [6, 6.07) is 24.0. The van der Waals surface area contributed by atoms with Gasteiger partial charge in [-0.15, -0.1) is 0 Å². The molecule has 0 spiro atoms. The molecule has 0 saturated carbocycles. The molecule has 0 aliphatic carbocycles. The predicted octanol–water partition coefficient (Wildman–Crippen LogP) is 6.37. The fourth-order valence-electron chi connectivity index (χ4n) is 3.74. The molecule has 1 N–H and O–H groups in total. The maximum absolute atomic E-state index is 13.5. The zero-order chi connectivity index (χ0) is 21.1. The van der Waals surface area contributed by atoms with Crippen molar-refractivity contribution < 1.29 is 9.53 Å². The molecule has 3 aromatic carbocycles. The third-order valence-electron chi connectivity index (χ3n) is 5.43. The molecular weight excluding hydrogens is 372 g/mol. The first kappa shape index (κ1) is 20.0. The summed E-state index contributed by atoms with van der Waals surface area (Å²) in [6.45, 7) is 7.13. The van der Waals surface area contributed by atoms with Gasteiger partial charge in [0.15, 0.2) is 0 Å². The Labute approximate surface area is 178 Å². The van der Waals surface area contributed by atoms with Crippen molar-refractivity contribution in [3.8, 4) is 5.75 Å². The highest BCUT2D eigenvalue weighted by Crippen LogP contribution is 2.37. The van der Waals surface area contributed by atoms with Crippen LogP contribution < -0.4 is 15.0 Å². The molecule has 0 fully saturated rings. The Bertz CT molecular complexity index is 1010. The molecule has 30 heavy (non-hydrogen) atoms. The van der Waals surface area contributed by atoms with Gasteiger partial charge in [-0.1, -0.05) is 57.2 Å². The number of carbonyl (C=O) groups is 1. The van der Waals surface area contributed by atoms with E-state index >= 15 is 0 Å².